The zero-order valence-corrected chi connectivity index (χ0v) is 8.56. The summed E-state index contributed by atoms with van der Waals surface area (Å²) in [6, 6.07) is 0. The van der Waals surface area contributed by atoms with Gasteiger partial charge in [-0.25, -0.2) is 5.84 Å². The number of nitrogens with two attached hydrogens (primary N) is 2. The van der Waals surface area contributed by atoms with Crippen molar-refractivity contribution in [1.82, 2.24) is 5.43 Å². The minimum absolute atomic E-state index is 0.137. The highest BCUT2D eigenvalue weighted by Crippen LogP contribution is 2.37. The molecule has 0 amide bonds. The van der Waals surface area contributed by atoms with Gasteiger partial charge in [0.1, 0.15) is 0 Å². The predicted octanol–water partition coefficient (Wildman–Crippen LogP) is -0.934. The Morgan fingerprint density at radius 2 is 2.31 bits per heavy atom. The van der Waals surface area contributed by atoms with Crippen molar-refractivity contribution in [2.75, 3.05) is 12.8 Å². The molecule has 1 rings (SSSR count). The van der Waals surface area contributed by atoms with E-state index in [1.165, 1.54) is 0 Å². The summed E-state index contributed by atoms with van der Waals surface area (Å²) in [5.41, 5.74) is 7.63. The molecule has 76 valence electrons. The van der Waals surface area contributed by atoms with Crippen LogP contribution in [0, 0.1) is 0 Å². The van der Waals surface area contributed by atoms with Crippen molar-refractivity contribution in [2.45, 2.75) is 24.0 Å². The smallest absolute Gasteiger partial charge is 0.203 e. The minimum Gasteiger partial charge on any atom is -0.369 e. The second-order valence-electron chi connectivity index (χ2n) is 3.34. The molecule has 0 aromatic heterocycles. The molecule has 1 saturated carbocycles. The highest BCUT2D eigenvalue weighted by atomic mass is 32.2. The molecule has 1 atom stereocenters. The number of hydrogen-bond donors (Lipinski definition) is 3. The maximum atomic E-state index is 11.4. The Kier molecular flexibility index (Phi) is 3.27. The molecular weight excluding hydrogens is 188 g/mol. The van der Waals surface area contributed by atoms with E-state index in [0.29, 0.717) is 6.54 Å². The van der Waals surface area contributed by atoms with Gasteiger partial charge < -0.3 is 5.73 Å². The van der Waals surface area contributed by atoms with Gasteiger partial charge in [-0.05, 0) is 12.8 Å². The number of hydrogen-bond acceptors (Lipinski definition) is 3. The van der Waals surface area contributed by atoms with E-state index >= 15 is 0 Å². The van der Waals surface area contributed by atoms with Crippen LogP contribution in [0.1, 0.15) is 19.3 Å². The van der Waals surface area contributed by atoms with Crippen LogP contribution in [0.25, 0.3) is 0 Å². The highest BCUT2D eigenvalue weighted by Gasteiger charge is 2.40. The van der Waals surface area contributed by atoms with Crippen LogP contribution in [-0.2, 0) is 10.8 Å². The third-order valence-corrected chi connectivity index (χ3v) is 4.32. The van der Waals surface area contributed by atoms with Crippen molar-refractivity contribution in [3.63, 3.8) is 0 Å². The first kappa shape index (κ1) is 10.5. The van der Waals surface area contributed by atoms with Crippen LogP contribution in [-0.4, -0.2) is 27.7 Å². The van der Waals surface area contributed by atoms with Crippen LogP contribution in [0.15, 0.2) is 4.99 Å². The molecule has 0 radical (unpaired) electrons. The molecule has 0 aromatic carbocycles. The van der Waals surface area contributed by atoms with Crippen molar-refractivity contribution in [3.05, 3.63) is 0 Å². The fraction of sp³-hybridized carbons (Fsp3) is 0.857. The number of guanidine groups is 1. The average molecular weight is 204 g/mol. The van der Waals surface area contributed by atoms with Crippen LogP contribution < -0.4 is 17.0 Å². The Bertz CT molecular complexity index is 237. The van der Waals surface area contributed by atoms with E-state index in [9.17, 15) is 4.21 Å². The third-order valence-electron chi connectivity index (χ3n) is 2.56. The van der Waals surface area contributed by atoms with Crippen molar-refractivity contribution >= 4 is 16.8 Å². The van der Waals surface area contributed by atoms with Gasteiger partial charge >= 0.3 is 0 Å². The minimum atomic E-state index is -0.832. The lowest BCUT2D eigenvalue weighted by molar-refractivity contribution is 0.361. The van der Waals surface area contributed by atoms with Crippen molar-refractivity contribution < 1.29 is 4.21 Å². The molecule has 0 spiro atoms. The number of aliphatic imine (C=N–C) groups is 1. The van der Waals surface area contributed by atoms with Gasteiger partial charge in [-0.3, -0.25) is 14.6 Å². The first-order chi connectivity index (χ1) is 6.10. The van der Waals surface area contributed by atoms with E-state index in [1.807, 2.05) is 0 Å². The summed E-state index contributed by atoms with van der Waals surface area (Å²) >= 11 is 0. The van der Waals surface area contributed by atoms with Crippen molar-refractivity contribution in [1.29, 1.82) is 0 Å². The lowest BCUT2D eigenvalue weighted by atomic mass is 9.84. The van der Waals surface area contributed by atoms with Gasteiger partial charge in [0, 0.05) is 17.1 Å². The van der Waals surface area contributed by atoms with E-state index < -0.39 is 10.8 Å². The average Bonchev–Trinajstić information content (AvgIpc) is 2.01. The lowest BCUT2D eigenvalue weighted by Crippen LogP contribution is -2.46. The Morgan fingerprint density at radius 3 is 2.62 bits per heavy atom. The second-order valence-corrected chi connectivity index (χ2v) is 5.11. The fourth-order valence-electron chi connectivity index (χ4n) is 1.38. The molecule has 0 heterocycles. The van der Waals surface area contributed by atoms with Crippen LogP contribution in [0.2, 0.25) is 0 Å². The van der Waals surface area contributed by atoms with E-state index in [2.05, 4.69) is 10.4 Å². The van der Waals surface area contributed by atoms with Gasteiger partial charge in [-0.2, -0.15) is 0 Å². The number of nitrogens with one attached hydrogen (secondary N) is 1. The molecule has 1 fully saturated rings. The summed E-state index contributed by atoms with van der Waals surface area (Å²) in [7, 11) is -0.832. The number of rotatable bonds is 3. The predicted molar refractivity (Wildman–Crippen MR) is 54.5 cm³/mol. The van der Waals surface area contributed by atoms with Gasteiger partial charge in [0.2, 0.25) is 5.96 Å². The Balaban J connectivity index is 2.55. The topological polar surface area (TPSA) is 93.5 Å². The molecule has 1 aliphatic carbocycles. The van der Waals surface area contributed by atoms with Gasteiger partial charge in [-0.15, -0.1) is 0 Å². The molecule has 5 N–H and O–H groups in total. The van der Waals surface area contributed by atoms with Crippen LogP contribution >= 0.6 is 0 Å². The molecule has 1 aliphatic rings. The van der Waals surface area contributed by atoms with E-state index in [0.717, 1.165) is 19.3 Å². The quantitative estimate of drug-likeness (QED) is 0.239. The number of nitrogens with zero attached hydrogens (tertiary/aromatic N) is 1. The van der Waals surface area contributed by atoms with Gasteiger partial charge in [-0.1, -0.05) is 6.42 Å². The molecule has 0 saturated heterocycles. The van der Waals surface area contributed by atoms with E-state index in [4.69, 9.17) is 11.6 Å². The maximum Gasteiger partial charge on any atom is 0.203 e. The van der Waals surface area contributed by atoms with Crippen LogP contribution in [0.5, 0.6) is 0 Å². The molecule has 0 aliphatic heterocycles. The molecule has 1 unspecified atom stereocenters. The molecule has 0 bridgehead atoms. The fourth-order valence-corrected chi connectivity index (χ4v) is 2.49. The summed E-state index contributed by atoms with van der Waals surface area (Å²) in [4.78, 5) is 4.02. The van der Waals surface area contributed by atoms with Gasteiger partial charge in [0.25, 0.3) is 0 Å². The zero-order valence-electron chi connectivity index (χ0n) is 7.75. The Morgan fingerprint density at radius 1 is 1.69 bits per heavy atom. The molecule has 6 heteroatoms. The Labute approximate surface area is 80.4 Å². The largest absolute Gasteiger partial charge is 0.369 e. The van der Waals surface area contributed by atoms with Gasteiger partial charge in [0.05, 0.1) is 11.3 Å². The lowest BCUT2D eigenvalue weighted by Gasteiger charge is -2.38. The SMILES string of the molecule is CS(=O)C1(CN=C(N)NN)CCC1. The van der Waals surface area contributed by atoms with Crippen LogP contribution in [0.4, 0.5) is 0 Å². The van der Waals surface area contributed by atoms with Crippen molar-refractivity contribution in [2.24, 2.45) is 16.6 Å². The summed E-state index contributed by atoms with van der Waals surface area (Å²) < 4.78 is 11.3. The summed E-state index contributed by atoms with van der Waals surface area (Å²) in [6.07, 6.45) is 4.79. The standard InChI is InChI=1S/C7H16N4OS/c1-13(12)7(3-2-4-7)5-10-6(8)11-9/h2-5,9H2,1H3,(H3,8,10,11). The zero-order chi connectivity index (χ0) is 9.90. The summed E-state index contributed by atoms with van der Waals surface area (Å²) in [6.45, 7) is 0.506. The Hall–Kier alpha value is -0.620. The van der Waals surface area contributed by atoms with Gasteiger partial charge in [0.15, 0.2) is 0 Å². The second kappa shape index (κ2) is 4.06. The van der Waals surface area contributed by atoms with Crippen LogP contribution in [0.3, 0.4) is 0 Å². The first-order valence-electron chi connectivity index (χ1n) is 4.21. The monoisotopic (exact) mass is 204 g/mol. The van der Waals surface area contributed by atoms with Crippen molar-refractivity contribution in [3.8, 4) is 0 Å². The normalized spacial score (nSPS) is 23.4. The maximum absolute atomic E-state index is 11.4. The molecule has 5 nitrogen and oxygen atoms in total. The molecule has 13 heavy (non-hydrogen) atoms. The summed E-state index contributed by atoms with van der Waals surface area (Å²) in [5, 5.41) is 0. The highest BCUT2D eigenvalue weighted by molar-refractivity contribution is 7.85. The van der Waals surface area contributed by atoms with E-state index in [-0.39, 0.29) is 10.7 Å². The molecular formula is C7H16N4OS. The first-order valence-corrected chi connectivity index (χ1v) is 5.76. The molecule has 0 aromatic rings. The number of hydrazine groups is 1. The summed E-state index contributed by atoms with van der Waals surface area (Å²) in [5.74, 6) is 5.26. The van der Waals surface area contributed by atoms with E-state index in [1.54, 1.807) is 6.26 Å². The third kappa shape index (κ3) is 2.19.